The number of hydrogen-bond acceptors (Lipinski definition) is 4. The molecule has 1 aromatic carbocycles. The van der Waals surface area contributed by atoms with Gasteiger partial charge in [0.2, 0.25) is 5.91 Å². The second kappa shape index (κ2) is 4.32. The standard InChI is InChI=1S/C11H13NO5/c1-6(13)12-11(2,10(16)17)7-3-8(14)5-9(15)4-7/h3-5,14-15H,1-2H3,(H,12,13)(H,16,17). The molecule has 1 aromatic rings. The lowest BCUT2D eigenvalue weighted by Gasteiger charge is -2.26. The highest BCUT2D eigenvalue weighted by atomic mass is 16.4. The van der Waals surface area contributed by atoms with Gasteiger partial charge in [0.15, 0.2) is 5.54 Å². The summed E-state index contributed by atoms with van der Waals surface area (Å²) in [5.74, 6) is -2.38. The summed E-state index contributed by atoms with van der Waals surface area (Å²) in [5.41, 5.74) is -1.63. The third-order valence-corrected chi connectivity index (χ3v) is 2.33. The average molecular weight is 239 g/mol. The van der Waals surface area contributed by atoms with Crippen LogP contribution < -0.4 is 5.32 Å². The van der Waals surface area contributed by atoms with E-state index in [0.29, 0.717) is 0 Å². The van der Waals surface area contributed by atoms with E-state index in [1.54, 1.807) is 0 Å². The van der Waals surface area contributed by atoms with Crippen molar-refractivity contribution < 1.29 is 24.9 Å². The molecular weight excluding hydrogens is 226 g/mol. The van der Waals surface area contributed by atoms with E-state index in [4.69, 9.17) is 5.11 Å². The molecule has 92 valence electrons. The molecular formula is C11H13NO5. The highest BCUT2D eigenvalue weighted by Gasteiger charge is 2.36. The van der Waals surface area contributed by atoms with E-state index in [-0.39, 0.29) is 17.1 Å². The SMILES string of the molecule is CC(=O)NC(C)(C(=O)O)c1cc(O)cc(O)c1. The van der Waals surface area contributed by atoms with Crippen molar-refractivity contribution in [1.29, 1.82) is 0 Å². The van der Waals surface area contributed by atoms with Gasteiger partial charge in [0, 0.05) is 13.0 Å². The first-order chi connectivity index (χ1) is 7.75. The van der Waals surface area contributed by atoms with Gasteiger partial charge in [0.25, 0.3) is 0 Å². The quantitative estimate of drug-likeness (QED) is 0.615. The van der Waals surface area contributed by atoms with Crippen molar-refractivity contribution in [2.75, 3.05) is 0 Å². The molecule has 0 bridgehead atoms. The van der Waals surface area contributed by atoms with E-state index in [1.165, 1.54) is 26.0 Å². The molecule has 0 aliphatic carbocycles. The molecule has 0 aliphatic rings. The second-order valence-electron chi connectivity index (χ2n) is 3.85. The fourth-order valence-electron chi connectivity index (χ4n) is 1.49. The Morgan fingerprint density at radius 2 is 1.65 bits per heavy atom. The number of nitrogens with one attached hydrogen (secondary N) is 1. The van der Waals surface area contributed by atoms with Crippen LogP contribution in [0.1, 0.15) is 19.4 Å². The van der Waals surface area contributed by atoms with Crippen LogP contribution in [-0.4, -0.2) is 27.2 Å². The van der Waals surface area contributed by atoms with E-state index in [1.807, 2.05) is 0 Å². The van der Waals surface area contributed by atoms with Gasteiger partial charge in [0.1, 0.15) is 11.5 Å². The third kappa shape index (κ3) is 2.66. The predicted molar refractivity (Wildman–Crippen MR) is 58.6 cm³/mol. The van der Waals surface area contributed by atoms with Gasteiger partial charge in [-0.1, -0.05) is 0 Å². The lowest BCUT2D eigenvalue weighted by molar-refractivity contribution is -0.147. The topological polar surface area (TPSA) is 107 Å². The van der Waals surface area contributed by atoms with Crippen LogP contribution >= 0.6 is 0 Å². The van der Waals surface area contributed by atoms with Crippen molar-refractivity contribution in [2.24, 2.45) is 0 Å². The van der Waals surface area contributed by atoms with Crippen molar-refractivity contribution in [1.82, 2.24) is 5.32 Å². The second-order valence-corrected chi connectivity index (χ2v) is 3.85. The number of aliphatic carboxylic acids is 1. The molecule has 4 N–H and O–H groups in total. The van der Waals surface area contributed by atoms with E-state index in [2.05, 4.69) is 5.32 Å². The van der Waals surface area contributed by atoms with Gasteiger partial charge in [-0.3, -0.25) is 4.79 Å². The number of carbonyl (C=O) groups is 2. The Morgan fingerprint density at radius 1 is 1.18 bits per heavy atom. The van der Waals surface area contributed by atoms with Crippen LogP contribution in [-0.2, 0) is 15.1 Å². The molecule has 0 radical (unpaired) electrons. The summed E-state index contributed by atoms with van der Waals surface area (Å²) in [6.07, 6.45) is 0. The molecule has 0 saturated heterocycles. The van der Waals surface area contributed by atoms with Gasteiger partial charge in [-0.05, 0) is 24.6 Å². The molecule has 0 spiro atoms. The van der Waals surface area contributed by atoms with E-state index in [9.17, 15) is 19.8 Å². The Balaban J connectivity index is 3.31. The number of benzene rings is 1. The average Bonchev–Trinajstić information content (AvgIpc) is 2.14. The number of carbonyl (C=O) groups excluding carboxylic acids is 1. The van der Waals surface area contributed by atoms with E-state index in [0.717, 1.165) is 6.07 Å². The first-order valence-electron chi connectivity index (χ1n) is 4.81. The number of amides is 1. The minimum absolute atomic E-state index is 0.0812. The van der Waals surface area contributed by atoms with Gasteiger partial charge in [-0.2, -0.15) is 0 Å². The van der Waals surface area contributed by atoms with Crippen LogP contribution in [0, 0.1) is 0 Å². The largest absolute Gasteiger partial charge is 0.508 e. The summed E-state index contributed by atoms with van der Waals surface area (Å²) >= 11 is 0. The van der Waals surface area contributed by atoms with Crippen LogP contribution in [0.5, 0.6) is 11.5 Å². The number of aromatic hydroxyl groups is 2. The third-order valence-electron chi connectivity index (χ3n) is 2.33. The van der Waals surface area contributed by atoms with Crippen molar-refractivity contribution in [3.8, 4) is 11.5 Å². The minimum Gasteiger partial charge on any atom is -0.508 e. The summed E-state index contributed by atoms with van der Waals surface area (Å²) in [6, 6.07) is 3.41. The lowest BCUT2D eigenvalue weighted by Crippen LogP contribution is -2.48. The highest BCUT2D eigenvalue weighted by Crippen LogP contribution is 2.29. The van der Waals surface area contributed by atoms with Crippen LogP contribution in [0.3, 0.4) is 0 Å². The Morgan fingerprint density at radius 3 is 2.00 bits per heavy atom. The zero-order valence-electron chi connectivity index (χ0n) is 9.39. The van der Waals surface area contributed by atoms with E-state index < -0.39 is 17.4 Å². The van der Waals surface area contributed by atoms with Crippen molar-refractivity contribution in [2.45, 2.75) is 19.4 Å². The Labute approximate surface area is 97.5 Å². The van der Waals surface area contributed by atoms with Crippen LogP contribution in [0.2, 0.25) is 0 Å². The Kier molecular flexibility index (Phi) is 3.26. The molecule has 6 nitrogen and oxygen atoms in total. The molecule has 1 rings (SSSR count). The fourth-order valence-corrected chi connectivity index (χ4v) is 1.49. The predicted octanol–water partition coefficient (Wildman–Crippen LogP) is 0.534. The summed E-state index contributed by atoms with van der Waals surface area (Å²) < 4.78 is 0. The Hall–Kier alpha value is -2.24. The normalized spacial score (nSPS) is 13.8. The maximum atomic E-state index is 11.2. The molecule has 6 heteroatoms. The summed E-state index contributed by atoms with van der Waals surface area (Å²) in [7, 11) is 0. The van der Waals surface area contributed by atoms with Crippen LogP contribution in [0.25, 0.3) is 0 Å². The van der Waals surface area contributed by atoms with Gasteiger partial charge < -0.3 is 20.6 Å². The number of rotatable bonds is 3. The summed E-state index contributed by atoms with van der Waals surface area (Å²) in [6.45, 7) is 2.45. The molecule has 0 saturated carbocycles. The first kappa shape index (κ1) is 12.8. The maximum Gasteiger partial charge on any atom is 0.333 e. The number of phenolic OH excluding ortho intramolecular Hbond substituents is 2. The molecule has 1 atom stereocenters. The number of hydrogen-bond donors (Lipinski definition) is 4. The molecule has 1 unspecified atom stereocenters. The van der Waals surface area contributed by atoms with Gasteiger partial charge >= 0.3 is 5.97 Å². The summed E-state index contributed by atoms with van der Waals surface area (Å²) in [5, 5.41) is 30.0. The van der Waals surface area contributed by atoms with Crippen LogP contribution in [0.15, 0.2) is 18.2 Å². The molecule has 1 amide bonds. The zero-order chi connectivity index (χ0) is 13.2. The molecule has 0 aliphatic heterocycles. The van der Waals surface area contributed by atoms with Crippen molar-refractivity contribution in [3.63, 3.8) is 0 Å². The molecule has 0 aromatic heterocycles. The number of carboxylic acids is 1. The van der Waals surface area contributed by atoms with Gasteiger partial charge in [-0.25, -0.2) is 4.79 Å². The lowest BCUT2D eigenvalue weighted by atomic mass is 9.91. The Bertz CT molecular complexity index is 451. The number of phenols is 2. The van der Waals surface area contributed by atoms with Crippen LogP contribution in [0.4, 0.5) is 0 Å². The minimum atomic E-state index is -1.71. The first-order valence-corrected chi connectivity index (χ1v) is 4.81. The smallest absolute Gasteiger partial charge is 0.333 e. The highest BCUT2D eigenvalue weighted by molar-refractivity contribution is 5.87. The zero-order valence-corrected chi connectivity index (χ0v) is 9.39. The molecule has 0 fully saturated rings. The van der Waals surface area contributed by atoms with E-state index >= 15 is 0 Å². The van der Waals surface area contributed by atoms with Gasteiger partial charge in [-0.15, -0.1) is 0 Å². The number of carboxylic acid groups (broad SMARTS) is 1. The van der Waals surface area contributed by atoms with Crippen molar-refractivity contribution >= 4 is 11.9 Å². The van der Waals surface area contributed by atoms with Crippen molar-refractivity contribution in [3.05, 3.63) is 23.8 Å². The molecule has 17 heavy (non-hydrogen) atoms. The molecule has 0 heterocycles. The fraction of sp³-hybridized carbons (Fsp3) is 0.273. The maximum absolute atomic E-state index is 11.2. The summed E-state index contributed by atoms with van der Waals surface area (Å²) in [4.78, 5) is 22.2. The van der Waals surface area contributed by atoms with Gasteiger partial charge in [0.05, 0.1) is 0 Å². The monoisotopic (exact) mass is 239 g/mol.